The van der Waals surface area contributed by atoms with Crippen molar-refractivity contribution < 1.29 is 14.3 Å². The first-order valence-corrected chi connectivity index (χ1v) is 12.1. The zero-order valence-corrected chi connectivity index (χ0v) is 19.1. The average Bonchev–Trinajstić information content (AvgIpc) is 3.03. The predicted molar refractivity (Wildman–Crippen MR) is 120 cm³/mol. The number of thiophene rings is 1. The van der Waals surface area contributed by atoms with Crippen LogP contribution < -0.4 is 10.9 Å². The van der Waals surface area contributed by atoms with Gasteiger partial charge in [0.15, 0.2) is 5.16 Å². The second kappa shape index (κ2) is 10.3. The third-order valence-electron chi connectivity index (χ3n) is 4.86. The molecule has 0 aromatic carbocycles. The number of thioether (sulfide) groups is 1. The van der Waals surface area contributed by atoms with Crippen LogP contribution in [-0.2, 0) is 28.8 Å². The summed E-state index contributed by atoms with van der Waals surface area (Å²) in [6.45, 7) is 6.28. The Labute approximate surface area is 184 Å². The molecule has 1 atom stereocenters. The minimum atomic E-state index is -0.384. The van der Waals surface area contributed by atoms with Crippen molar-refractivity contribution in [3.63, 3.8) is 0 Å². The van der Waals surface area contributed by atoms with Gasteiger partial charge in [-0.1, -0.05) is 32.0 Å². The van der Waals surface area contributed by atoms with Gasteiger partial charge in [-0.15, -0.1) is 11.3 Å². The smallest absolute Gasteiger partial charge is 0.341 e. The molecule has 0 spiro atoms. The van der Waals surface area contributed by atoms with Crippen molar-refractivity contribution in [2.45, 2.75) is 58.0 Å². The number of esters is 1. The Morgan fingerprint density at radius 2 is 2.20 bits per heavy atom. The average molecular weight is 450 g/mol. The van der Waals surface area contributed by atoms with Crippen molar-refractivity contribution in [1.82, 2.24) is 9.97 Å². The highest BCUT2D eigenvalue weighted by Crippen LogP contribution is 2.40. The number of aromatic nitrogens is 2. The maximum absolute atomic E-state index is 12.6. The summed E-state index contributed by atoms with van der Waals surface area (Å²) in [7, 11) is 0. The number of carbonyl (C=O) groups excluding carboxylic acids is 2. The summed E-state index contributed by atoms with van der Waals surface area (Å²) in [6, 6.07) is 1.48. The number of H-pyrrole nitrogens is 1. The maximum Gasteiger partial charge on any atom is 0.341 e. The van der Waals surface area contributed by atoms with Gasteiger partial charge in [-0.25, -0.2) is 9.78 Å². The number of amides is 1. The largest absolute Gasteiger partial charge is 0.462 e. The number of aryl methyl sites for hydroxylation is 1. The number of anilines is 1. The lowest BCUT2D eigenvalue weighted by Crippen LogP contribution is -2.18. The number of ether oxygens (including phenoxy) is 1. The molecule has 0 radical (unpaired) electrons. The molecule has 1 aliphatic rings. The molecule has 0 fully saturated rings. The Morgan fingerprint density at radius 1 is 1.40 bits per heavy atom. The van der Waals surface area contributed by atoms with Crippen LogP contribution in [-0.4, -0.2) is 34.2 Å². The van der Waals surface area contributed by atoms with Gasteiger partial charge in [0, 0.05) is 16.6 Å². The van der Waals surface area contributed by atoms with Gasteiger partial charge in [0.2, 0.25) is 5.91 Å². The fourth-order valence-electron chi connectivity index (χ4n) is 3.49. The van der Waals surface area contributed by atoms with E-state index in [1.165, 1.54) is 29.2 Å². The van der Waals surface area contributed by atoms with Crippen molar-refractivity contribution >= 4 is 40.0 Å². The first-order chi connectivity index (χ1) is 14.4. The van der Waals surface area contributed by atoms with E-state index in [0.717, 1.165) is 36.1 Å². The van der Waals surface area contributed by atoms with E-state index < -0.39 is 0 Å². The minimum absolute atomic E-state index is 0.0831. The molecule has 0 unspecified atom stereocenters. The molecule has 9 heteroatoms. The molecule has 2 aromatic heterocycles. The lowest BCUT2D eigenvalue weighted by atomic mass is 9.88. The van der Waals surface area contributed by atoms with E-state index in [-0.39, 0.29) is 29.8 Å². The summed E-state index contributed by atoms with van der Waals surface area (Å²) in [4.78, 5) is 45.1. The zero-order valence-electron chi connectivity index (χ0n) is 17.5. The fourth-order valence-corrected chi connectivity index (χ4v) is 5.60. The lowest BCUT2D eigenvalue weighted by Gasteiger charge is -2.18. The number of nitrogens with zero attached hydrogens (tertiary/aromatic N) is 1. The number of carbonyl (C=O) groups is 2. The molecule has 0 saturated carbocycles. The Kier molecular flexibility index (Phi) is 7.71. The van der Waals surface area contributed by atoms with E-state index in [1.807, 2.05) is 6.92 Å². The third kappa shape index (κ3) is 5.51. The summed E-state index contributed by atoms with van der Waals surface area (Å²) in [5.41, 5.74) is 2.01. The summed E-state index contributed by atoms with van der Waals surface area (Å²) >= 11 is 2.64. The first-order valence-electron chi connectivity index (χ1n) is 10.3. The number of hydrogen-bond acceptors (Lipinski definition) is 7. The molecule has 7 nitrogen and oxygen atoms in total. The number of hydrogen-bond donors (Lipinski definition) is 2. The first kappa shape index (κ1) is 22.6. The summed E-state index contributed by atoms with van der Waals surface area (Å²) < 4.78 is 5.24. The van der Waals surface area contributed by atoms with Crippen molar-refractivity contribution in [3.8, 4) is 0 Å². The molecule has 30 heavy (non-hydrogen) atoms. The number of fused-ring (bicyclic) bond motifs is 1. The van der Waals surface area contributed by atoms with Crippen LogP contribution in [0.3, 0.4) is 0 Å². The molecule has 3 rings (SSSR count). The molecule has 2 aromatic rings. The van der Waals surface area contributed by atoms with E-state index in [0.29, 0.717) is 33.8 Å². The SMILES string of the molecule is CCCc1cc(=O)[nH]c(SCC(=O)Nc2sc3c(c2C(=O)OCC)CC[C@@H](C)C3)n1. The van der Waals surface area contributed by atoms with E-state index in [9.17, 15) is 14.4 Å². The molecule has 0 bridgehead atoms. The normalized spacial score (nSPS) is 15.5. The standard InChI is InChI=1S/C21H27N3O4S2/c1-4-6-13-10-16(25)24-21(22-13)29-11-17(26)23-19-18(20(27)28-5-2)14-8-7-12(3)9-15(14)30-19/h10,12H,4-9,11H2,1-3H3,(H,23,26)(H,22,24,25)/t12-/m1/s1. The van der Waals surface area contributed by atoms with Crippen molar-refractivity contribution in [2.24, 2.45) is 5.92 Å². The molecule has 2 N–H and O–H groups in total. The number of rotatable bonds is 8. The summed E-state index contributed by atoms with van der Waals surface area (Å²) in [5.74, 6) is 0.00911. The fraction of sp³-hybridized carbons (Fsp3) is 0.524. The van der Waals surface area contributed by atoms with Gasteiger partial charge in [0.25, 0.3) is 5.56 Å². The molecule has 1 aliphatic carbocycles. The third-order valence-corrected chi connectivity index (χ3v) is 6.91. The Balaban J connectivity index is 1.73. The van der Waals surface area contributed by atoms with E-state index >= 15 is 0 Å². The van der Waals surface area contributed by atoms with Gasteiger partial charge in [0.05, 0.1) is 17.9 Å². The maximum atomic E-state index is 12.6. The molecule has 0 aliphatic heterocycles. The highest BCUT2D eigenvalue weighted by atomic mass is 32.2. The molecule has 2 heterocycles. The molecule has 1 amide bonds. The zero-order chi connectivity index (χ0) is 21.7. The van der Waals surface area contributed by atoms with Crippen LogP contribution in [0, 0.1) is 5.92 Å². The van der Waals surface area contributed by atoms with Crippen LogP contribution in [0.25, 0.3) is 0 Å². The highest BCUT2D eigenvalue weighted by Gasteiger charge is 2.29. The van der Waals surface area contributed by atoms with Crippen LogP contribution in [0.1, 0.15) is 60.1 Å². The number of nitrogens with one attached hydrogen (secondary N) is 2. The molecular weight excluding hydrogens is 422 g/mol. The van der Waals surface area contributed by atoms with Gasteiger partial charge >= 0.3 is 5.97 Å². The number of aromatic amines is 1. The Bertz CT molecular complexity index is 983. The Hall–Kier alpha value is -2.13. The van der Waals surface area contributed by atoms with Crippen molar-refractivity contribution in [3.05, 3.63) is 38.1 Å². The van der Waals surface area contributed by atoms with Crippen molar-refractivity contribution in [2.75, 3.05) is 17.7 Å². The second-order valence-electron chi connectivity index (χ2n) is 7.41. The molecule has 0 saturated heterocycles. The van der Waals surface area contributed by atoms with Crippen LogP contribution in [0.2, 0.25) is 0 Å². The monoisotopic (exact) mass is 449 g/mol. The Morgan fingerprint density at radius 3 is 2.93 bits per heavy atom. The van der Waals surface area contributed by atoms with Crippen molar-refractivity contribution in [1.29, 1.82) is 0 Å². The van der Waals surface area contributed by atoms with E-state index in [2.05, 4.69) is 22.2 Å². The summed E-state index contributed by atoms with van der Waals surface area (Å²) in [5, 5.41) is 3.86. The van der Waals surface area contributed by atoms with Crippen LogP contribution in [0.4, 0.5) is 5.00 Å². The molecule has 162 valence electrons. The van der Waals surface area contributed by atoms with Gasteiger partial charge < -0.3 is 15.0 Å². The van der Waals surface area contributed by atoms with Gasteiger partial charge in [0.1, 0.15) is 5.00 Å². The minimum Gasteiger partial charge on any atom is -0.462 e. The summed E-state index contributed by atoms with van der Waals surface area (Å²) in [6.07, 6.45) is 4.35. The van der Waals surface area contributed by atoms with Crippen LogP contribution in [0.5, 0.6) is 0 Å². The second-order valence-corrected chi connectivity index (χ2v) is 9.47. The lowest BCUT2D eigenvalue weighted by molar-refractivity contribution is -0.113. The highest BCUT2D eigenvalue weighted by molar-refractivity contribution is 7.99. The molecular formula is C21H27N3O4S2. The quantitative estimate of drug-likeness (QED) is 0.361. The van der Waals surface area contributed by atoms with Gasteiger partial charge in [-0.2, -0.15) is 0 Å². The van der Waals surface area contributed by atoms with Crippen LogP contribution >= 0.6 is 23.1 Å². The van der Waals surface area contributed by atoms with Crippen LogP contribution in [0.15, 0.2) is 16.0 Å². The van der Waals surface area contributed by atoms with E-state index in [4.69, 9.17) is 4.74 Å². The van der Waals surface area contributed by atoms with Gasteiger partial charge in [-0.3, -0.25) is 9.59 Å². The predicted octanol–water partition coefficient (Wildman–Crippen LogP) is 3.82. The van der Waals surface area contributed by atoms with Gasteiger partial charge in [-0.05, 0) is 44.1 Å². The topological polar surface area (TPSA) is 101 Å². The van der Waals surface area contributed by atoms with E-state index in [1.54, 1.807) is 6.92 Å².